The molecule has 3 heteroatoms. The van der Waals surface area contributed by atoms with Gasteiger partial charge < -0.3 is 9.47 Å². The van der Waals surface area contributed by atoms with Gasteiger partial charge in [-0.25, -0.2) is 4.79 Å². The summed E-state index contributed by atoms with van der Waals surface area (Å²) < 4.78 is 10.2. The number of hydrogen-bond acceptors (Lipinski definition) is 3. The molecule has 0 saturated carbocycles. The number of carbonyl (C=O) groups is 1. The second-order valence-corrected chi connectivity index (χ2v) is 6.90. The molecule has 0 heterocycles. The van der Waals surface area contributed by atoms with E-state index in [1.165, 1.54) is 77.0 Å². The van der Waals surface area contributed by atoms with Crippen LogP contribution in [0.4, 0.5) is 4.79 Å². The van der Waals surface area contributed by atoms with E-state index in [1.807, 2.05) is 0 Å². The number of unbranched alkanes of at least 4 members (excludes halogenated alkanes) is 14. The van der Waals surface area contributed by atoms with Gasteiger partial charge in [-0.1, -0.05) is 104 Å². The molecule has 0 aromatic carbocycles. The zero-order valence-corrected chi connectivity index (χ0v) is 16.5. The Morgan fingerprint density at radius 3 is 1.12 bits per heavy atom. The summed E-state index contributed by atoms with van der Waals surface area (Å²) in [6, 6.07) is 0. The van der Waals surface area contributed by atoms with Crippen LogP contribution < -0.4 is 0 Å². The molecular weight excluding hydrogens is 300 g/mol. The lowest BCUT2D eigenvalue weighted by molar-refractivity contribution is 0.0529. The summed E-state index contributed by atoms with van der Waals surface area (Å²) in [7, 11) is 0. The van der Waals surface area contributed by atoms with Crippen molar-refractivity contribution in [1.82, 2.24) is 0 Å². The largest absolute Gasteiger partial charge is 0.508 e. The molecule has 0 fully saturated rings. The van der Waals surface area contributed by atoms with E-state index in [0.29, 0.717) is 13.2 Å². The van der Waals surface area contributed by atoms with E-state index < -0.39 is 6.16 Å². The molecule has 0 radical (unpaired) electrons. The quantitative estimate of drug-likeness (QED) is 0.192. The summed E-state index contributed by atoms with van der Waals surface area (Å²) in [6.07, 6.45) is 19.6. The Bertz CT molecular complexity index is 253. The van der Waals surface area contributed by atoms with E-state index in [4.69, 9.17) is 9.47 Å². The molecule has 0 aliphatic heterocycles. The molecule has 0 atom stereocenters. The van der Waals surface area contributed by atoms with Gasteiger partial charge in [0, 0.05) is 0 Å². The molecule has 3 nitrogen and oxygen atoms in total. The molecule has 0 amide bonds. The average Bonchev–Trinajstić information content (AvgIpc) is 2.59. The third-order valence-electron chi connectivity index (χ3n) is 4.44. The fourth-order valence-electron chi connectivity index (χ4n) is 2.82. The van der Waals surface area contributed by atoms with Crippen molar-refractivity contribution >= 4 is 6.16 Å². The average molecular weight is 343 g/mol. The molecule has 0 spiro atoms. The highest BCUT2D eigenvalue weighted by Gasteiger charge is 2.03. The maximum Gasteiger partial charge on any atom is 0.508 e. The summed E-state index contributed by atoms with van der Waals surface area (Å²) in [4.78, 5) is 11.4. The van der Waals surface area contributed by atoms with Crippen LogP contribution in [0.5, 0.6) is 0 Å². The minimum atomic E-state index is -0.487. The zero-order chi connectivity index (χ0) is 17.7. The first-order valence-electron chi connectivity index (χ1n) is 10.6. The summed E-state index contributed by atoms with van der Waals surface area (Å²) in [5.41, 5.74) is 0. The predicted molar refractivity (Wildman–Crippen MR) is 103 cm³/mol. The number of ether oxygens (including phenoxy) is 2. The van der Waals surface area contributed by atoms with Crippen LogP contribution in [-0.2, 0) is 9.47 Å². The third kappa shape index (κ3) is 19.3. The molecule has 0 N–H and O–H groups in total. The molecule has 0 aliphatic carbocycles. The van der Waals surface area contributed by atoms with Crippen molar-refractivity contribution in [2.45, 2.75) is 117 Å². The lowest BCUT2D eigenvalue weighted by Crippen LogP contribution is -2.09. The van der Waals surface area contributed by atoms with E-state index in [0.717, 1.165) is 25.7 Å². The van der Waals surface area contributed by atoms with Gasteiger partial charge in [0.05, 0.1) is 13.2 Å². The first-order chi connectivity index (χ1) is 11.8. The smallest absolute Gasteiger partial charge is 0.434 e. The Kier molecular flexibility index (Phi) is 19.7. The molecule has 0 unspecified atom stereocenters. The van der Waals surface area contributed by atoms with Crippen LogP contribution in [0.25, 0.3) is 0 Å². The van der Waals surface area contributed by atoms with Crippen LogP contribution >= 0.6 is 0 Å². The van der Waals surface area contributed by atoms with E-state index in [-0.39, 0.29) is 0 Å². The molecular formula is C21H42O3. The van der Waals surface area contributed by atoms with Crippen molar-refractivity contribution in [1.29, 1.82) is 0 Å². The number of rotatable bonds is 18. The van der Waals surface area contributed by atoms with Gasteiger partial charge >= 0.3 is 6.16 Å². The van der Waals surface area contributed by atoms with Gasteiger partial charge in [0.1, 0.15) is 0 Å². The van der Waals surface area contributed by atoms with Crippen molar-refractivity contribution in [3.8, 4) is 0 Å². The van der Waals surface area contributed by atoms with Crippen LogP contribution in [-0.4, -0.2) is 19.4 Å². The highest BCUT2D eigenvalue weighted by Crippen LogP contribution is 2.10. The van der Waals surface area contributed by atoms with Crippen LogP contribution in [0.3, 0.4) is 0 Å². The van der Waals surface area contributed by atoms with E-state index in [1.54, 1.807) is 0 Å². The van der Waals surface area contributed by atoms with Gasteiger partial charge in [0.25, 0.3) is 0 Å². The van der Waals surface area contributed by atoms with Crippen molar-refractivity contribution in [3.05, 3.63) is 0 Å². The molecule has 0 saturated heterocycles. The van der Waals surface area contributed by atoms with E-state index >= 15 is 0 Å². The fraction of sp³-hybridized carbons (Fsp3) is 0.952. The Labute approximate surface area is 150 Å². The van der Waals surface area contributed by atoms with Crippen LogP contribution in [0.2, 0.25) is 0 Å². The van der Waals surface area contributed by atoms with E-state index in [2.05, 4.69) is 13.8 Å². The first-order valence-corrected chi connectivity index (χ1v) is 10.6. The maximum absolute atomic E-state index is 11.4. The summed E-state index contributed by atoms with van der Waals surface area (Å²) in [5.74, 6) is 0. The van der Waals surface area contributed by atoms with E-state index in [9.17, 15) is 4.79 Å². The Balaban J connectivity index is 3.12. The lowest BCUT2D eigenvalue weighted by atomic mass is 10.1. The Hall–Kier alpha value is -0.730. The van der Waals surface area contributed by atoms with Gasteiger partial charge in [-0.15, -0.1) is 0 Å². The zero-order valence-electron chi connectivity index (χ0n) is 16.5. The second-order valence-electron chi connectivity index (χ2n) is 6.90. The standard InChI is InChI=1S/C21H42O3/c1-3-5-7-9-11-12-13-14-16-18-20-24-21(22)23-19-17-15-10-8-6-4-2/h3-20H2,1-2H3. The predicted octanol–water partition coefficient (Wildman–Crippen LogP) is 7.42. The molecule has 24 heavy (non-hydrogen) atoms. The summed E-state index contributed by atoms with van der Waals surface area (Å²) in [6.45, 7) is 5.48. The maximum atomic E-state index is 11.4. The molecule has 0 rings (SSSR count). The molecule has 0 bridgehead atoms. The third-order valence-corrected chi connectivity index (χ3v) is 4.44. The topological polar surface area (TPSA) is 35.5 Å². The SMILES string of the molecule is CCCCCCCCCCCCOC(=O)OCCCCCCCC. The number of hydrogen-bond donors (Lipinski definition) is 0. The van der Waals surface area contributed by atoms with Gasteiger partial charge in [0.2, 0.25) is 0 Å². The van der Waals surface area contributed by atoms with Crippen molar-refractivity contribution in [2.24, 2.45) is 0 Å². The molecule has 0 aromatic rings. The van der Waals surface area contributed by atoms with Gasteiger partial charge in [0.15, 0.2) is 0 Å². The summed E-state index contributed by atoms with van der Waals surface area (Å²) in [5, 5.41) is 0. The van der Waals surface area contributed by atoms with Crippen LogP contribution in [0, 0.1) is 0 Å². The second kappa shape index (κ2) is 20.3. The fourth-order valence-corrected chi connectivity index (χ4v) is 2.82. The minimum absolute atomic E-state index is 0.487. The molecule has 0 aromatic heterocycles. The van der Waals surface area contributed by atoms with Crippen molar-refractivity contribution in [2.75, 3.05) is 13.2 Å². The highest BCUT2D eigenvalue weighted by atomic mass is 16.7. The van der Waals surface area contributed by atoms with Crippen molar-refractivity contribution < 1.29 is 14.3 Å². The first kappa shape index (κ1) is 23.3. The summed E-state index contributed by atoms with van der Waals surface area (Å²) >= 11 is 0. The minimum Gasteiger partial charge on any atom is -0.434 e. The normalized spacial score (nSPS) is 10.8. The molecule has 0 aliphatic rings. The van der Waals surface area contributed by atoms with Gasteiger partial charge in [-0.05, 0) is 12.8 Å². The monoisotopic (exact) mass is 342 g/mol. The van der Waals surface area contributed by atoms with Crippen LogP contribution in [0.1, 0.15) is 117 Å². The van der Waals surface area contributed by atoms with Gasteiger partial charge in [-0.3, -0.25) is 0 Å². The number of carbonyl (C=O) groups excluding carboxylic acids is 1. The van der Waals surface area contributed by atoms with Crippen molar-refractivity contribution in [3.63, 3.8) is 0 Å². The lowest BCUT2D eigenvalue weighted by Gasteiger charge is -2.06. The highest BCUT2D eigenvalue weighted by molar-refractivity contribution is 5.59. The van der Waals surface area contributed by atoms with Gasteiger partial charge in [-0.2, -0.15) is 0 Å². The van der Waals surface area contributed by atoms with Crippen LogP contribution in [0.15, 0.2) is 0 Å². The molecule has 144 valence electrons. The Morgan fingerprint density at radius 2 is 0.792 bits per heavy atom. The Morgan fingerprint density at radius 1 is 0.500 bits per heavy atom.